The van der Waals surface area contributed by atoms with Crippen molar-refractivity contribution < 1.29 is 4.79 Å². The standard InChI is InChI=1S/C16H21N3O/c1-3-16(4-2,11-17)19-15(20)13-9-5-7-12-8-6-10-18-14(12)13/h5-10H,3-4,11,17H2,1-2H3,(H,19,20). The molecule has 106 valence electrons. The molecule has 1 aromatic heterocycles. The average molecular weight is 271 g/mol. The topological polar surface area (TPSA) is 68.0 Å². The number of benzene rings is 1. The number of para-hydroxylation sites is 1. The van der Waals surface area contributed by atoms with Crippen molar-refractivity contribution in [1.82, 2.24) is 10.3 Å². The molecule has 0 bridgehead atoms. The Bertz CT molecular complexity index is 592. The molecule has 4 heteroatoms. The van der Waals surface area contributed by atoms with Gasteiger partial charge in [0.05, 0.1) is 16.6 Å². The van der Waals surface area contributed by atoms with E-state index in [9.17, 15) is 4.79 Å². The quantitative estimate of drug-likeness (QED) is 0.878. The van der Waals surface area contributed by atoms with Crippen molar-refractivity contribution in [3.05, 3.63) is 42.1 Å². The van der Waals surface area contributed by atoms with Gasteiger partial charge < -0.3 is 11.1 Å². The molecule has 1 amide bonds. The van der Waals surface area contributed by atoms with E-state index >= 15 is 0 Å². The molecular weight excluding hydrogens is 250 g/mol. The van der Waals surface area contributed by atoms with Crippen LogP contribution in [0.2, 0.25) is 0 Å². The lowest BCUT2D eigenvalue weighted by Crippen LogP contribution is -2.52. The summed E-state index contributed by atoms with van der Waals surface area (Å²) in [4.78, 5) is 16.9. The summed E-state index contributed by atoms with van der Waals surface area (Å²) in [5.74, 6) is -0.108. The Balaban J connectivity index is 2.37. The van der Waals surface area contributed by atoms with Gasteiger partial charge in [0.15, 0.2) is 0 Å². The molecule has 0 spiro atoms. The van der Waals surface area contributed by atoms with Crippen LogP contribution in [-0.4, -0.2) is 23.0 Å². The Kier molecular flexibility index (Phi) is 4.35. The maximum absolute atomic E-state index is 12.5. The van der Waals surface area contributed by atoms with Crippen LogP contribution in [0, 0.1) is 0 Å². The SMILES string of the molecule is CCC(CC)(CN)NC(=O)c1cccc2cccnc12. The highest BCUT2D eigenvalue weighted by molar-refractivity contribution is 6.05. The van der Waals surface area contributed by atoms with Gasteiger partial charge in [-0.1, -0.05) is 32.0 Å². The minimum atomic E-state index is -0.339. The number of amides is 1. The summed E-state index contributed by atoms with van der Waals surface area (Å²) < 4.78 is 0. The normalized spacial score (nSPS) is 11.6. The van der Waals surface area contributed by atoms with Gasteiger partial charge in [-0.3, -0.25) is 9.78 Å². The van der Waals surface area contributed by atoms with E-state index in [0.717, 1.165) is 23.7 Å². The fourth-order valence-electron chi connectivity index (χ4n) is 2.36. The highest BCUT2D eigenvalue weighted by atomic mass is 16.1. The van der Waals surface area contributed by atoms with Gasteiger partial charge in [0.25, 0.3) is 5.91 Å². The van der Waals surface area contributed by atoms with Crippen LogP contribution in [0.4, 0.5) is 0 Å². The molecule has 0 aliphatic rings. The number of hydrogen-bond acceptors (Lipinski definition) is 3. The molecule has 0 atom stereocenters. The molecule has 4 nitrogen and oxygen atoms in total. The van der Waals surface area contributed by atoms with E-state index in [4.69, 9.17) is 5.73 Å². The van der Waals surface area contributed by atoms with Crippen molar-refractivity contribution in [2.45, 2.75) is 32.2 Å². The number of nitrogens with two attached hydrogens (primary N) is 1. The van der Waals surface area contributed by atoms with Crippen molar-refractivity contribution in [1.29, 1.82) is 0 Å². The van der Waals surface area contributed by atoms with Crippen molar-refractivity contribution >= 4 is 16.8 Å². The van der Waals surface area contributed by atoms with Gasteiger partial charge in [-0.2, -0.15) is 0 Å². The lowest BCUT2D eigenvalue weighted by molar-refractivity contribution is 0.0897. The second kappa shape index (κ2) is 6.01. The third-order valence-electron chi connectivity index (χ3n) is 4.00. The Morgan fingerprint density at radius 1 is 1.25 bits per heavy atom. The van der Waals surface area contributed by atoms with Crippen LogP contribution in [0.1, 0.15) is 37.0 Å². The van der Waals surface area contributed by atoms with Crippen LogP contribution in [0.15, 0.2) is 36.5 Å². The van der Waals surface area contributed by atoms with Crippen LogP contribution >= 0.6 is 0 Å². The molecule has 2 aromatic rings. The fraction of sp³-hybridized carbons (Fsp3) is 0.375. The predicted octanol–water partition coefficient (Wildman–Crippen LogP) is 2.48. The Morgan fingerprint density at radius 3 is 2.60 bits per heavy atom. The molecule has 0 saturated heterocycles. The minimum Gasteiger partial charge on any atom is -0.345 e. The Morgan fingerprint density at radius 2 is 1.95 bits per heavy atom. The van der Waals surface area contributed by atoms with Crippen LogP contribution in [0.3, 0.4) is 0 Å². The van der Waals surface area contributed by atoms with Gasteiger partial charge in [0.1, 0.15) is 0 Å². The maximum atomic E-state index is 12.5. The zero-order chi connectivity index (χ0) is 14.6. The lowest BCUT2D eigenvalue weighted by atomic mass is 9.92. The summed E-state index contributed by atoms with van der Waals surface area (Å²) in [5, 5.41) is 4.05. The van der Waals surface area contributed by atoms with Gasteiger partial charge in [0, 0.05) is 18.1 Å². The van der Waals surface area contributed by atoms with Gasteiger partial charge >= 0.3 is 0 Å². The molecule has 0 saturated carbocycles. The number of fused-ring (bicyclic) bond motifs is 1. The van der Waals surface area contributed by atoms with E-state index in [2.05, 4.69) is 10.3 Å². The van der Waals surface area contributed by atoms with Gasteiger partial charge in [0.2, 0.25) is 0 Å². The summed E-state index contributed by atoms with van der Waals surface area (Å²) in [6, 6.07) is 9.45. The first-order valence-corrected chi connectivity index (χ1v) is 7.02. The molecular formula is C16H21N3O. The number of pyridine rings is 1. The number of rotatable bonds is 5. The van der Waals surface area contributed by atoms with Gasteiger partial charge in [-0.15, -0.1) is 0 Å². The molecule has 0 aliphatic heterocycles. The first-order valence-electron chi connectivity index (χ1n) is 7.02. The molecule has 0 radical (unpaired) electrons. The molecule has 20 heavy (non-hydrogen) atoms. The average Bonchev–Trinajstić information content (AvgIpc) is 2.52. The third-order valence-corrected chi connectivity index (χ3v) is 4.00. The minimum absolute atomic E-state index is 0.108. The van der Waals surface area contributed by atoms with Crippen molar-refractivity contribution in [2.24, 2.45) is 5.73 Å². The van der Waals surface area contributed by atoms with Crippen LogP contribution in [0.5, 0.6) is 0 Å². The zero-order valence-electron chi connectivity index (χ0n) is 12.0. The predicted molar refractivity (Wildman–Crippen MR) is 81.6 cm³/mol. The second-order valence-electron chi connectivity index (χ2n) is 5.03. The number of carbonyl (C=O) groups excluding carboxylic acids is 1. The molecule has 0 aliphatic carbocycles. The largest absolute Gasteiger partial charge is 0.345 e. The van der Waals surface area contributed by atoms with Crippen molar-refractivity contribution in [3.8, 4) is 0 Å². The number of nitrogens with one attached hydrogen (secondary N) is 1. The van der Waals surface area contributed by atoms with E-state index in [-0.39, 0.29) is 11.4 Å². The summed E-state index contributed by atoms with van der Waals surface area (Å²) in [6.45, 7) is 4.51. The summed E-state index contributed by atoms with van der Waals surface area (Å²) in [7, 11) is 0. The lowest BCUT2D eigenvalue weighted by Gasteiger charge is -2.31. The first kappa shape index (κ1) is 14.5. The number of aromatic nitrogens is 1. The van der Waals surface area contributed by atoms with E-state index in [0.29, 0.717) is 12.1 Å². The molecule has 2 rings (SSSR count). The van der Waals surface area contributed by atoms with Gasteiger partial charge in [-0.25, -0.2) is 0 Å². The van der Waals surface area contributed by atoms with Crippen molar-refractivity contribution in [2.75, 3.05) is 6.54 Å². The molecule has 1 heterocycles. The summed E-state index contributed by atoms with van der Waals surface area (Å²) >= 11 is 0. The monoisotopic (exact) mass is 271 g/mol. The Labute approximate surface area is 119 Å². The van der Waals surface area contributed by atoms with Crippen LogP contribution in [0.25, 0.3) is 10.9 Å². The van der Waals surface area contributed by atoms with Crippen molar-refractivity contribution in [3.63, 3.8) is 0 Å². The summed E-state index contributed by atoms with van der Waals surface area (Å²) in [6.07, 6.45) is 3.32. The molecule has 0 fully saturated rings. The number of carbonyl (C=O) groups is 1. The second-order valence-corrected chi connectivity index (χ2v) is 5.03. The first-order chi connectivity index (χ1) is 9.65. The van der Waals surface area contributed by atoms with Crippen LogP contribution in [-0.2, 0) is 0 Å². The van der Waals surface area contributed by atoms with E-state index in [1.807, 2.05) is 38.1 Å². The van der Waals surface area contributed by atoms with E-state index in [1.54, 1.807) is 12.3 Å². The van der Waals surface area contributed by atoms with Gasteiger partial charge in [-0.05, 0) is 25.0 Å². The fourth-order valence-corrected chi connectivity index (χ4v) is 2.36. The summed E-state index contributed by atoms with van der Waals surface area (Å²) in [5.41, 5.74) is 6.83. The number of hydrogen-bond donors (Lipinski definition) is 2. The maximum Gasteiger partial charge on any atom is 0.253 e. The zero-order valence-corrected chi connectivity index (χ0v) is 12.0. The molecule has 0 unspecified atom stereocenters. The van der Waals surface area contributed by atoms with Crippen LogP contribution < -0.4 is 11.1 Å². The Hall–Kier alpha value is -1.94. The van der Waals surface area contributed by atoms with E-state index < -0.39 is 0 Å². The highest BCUT2D eigenvalue weighted by Gasteiger charge is 2.27. The molecule has 1 aromatic carbocycles. The highest BCUT2D eigenvalue weighted by Crippen LogP contribution is 2.19. The third kappa shape index (κ3) is 2.65. The van der Waals surface area contributed by atoms with E-state index in [1.165, 1.54) is 0 Å². The number of nitrogens with zero attached hydrogens (tertiary/aromatic N) is 1. The smallest absolute Gasteiger partial charge is 0.253 e. The molecule has 3 N–H and O–H groups in total.